The summed E-state index contributed by atoms with van der Waals surface area (Å²) in [7, 11) is 0. The molecule has 0 heterocycles. The summed E-state index contributed by atoms with van der Waals surface area (Å²) < 4.78 is 13.6. The number of aliphatic hydroxyl groups is 1. The highest BCUT2D eigenvalue weighted by molar-refractivity contribution is 14.1. The number of aliphatic hydroxyl groups excluding tert-OH is 1. The molecule has 0 unspecified atom stereocenters. The molecule has 0 amide bonds. The minimum absolute atomic E-state index is 0. The third-order valence-electron chi connectivity index (χ3n) is 1.51. The zero-order valence-corrected chi connectivity index (χ0v) is 9.68. The minimum atomic E-state index is -0.491. The van der Waals surface area contributed by atoms with E-state index in [2.05, 4.69) is 0 Å². The third-order valence-corrected chi connectivity index (χ3v) is 2.13. The van der Waals surface area contributed by atoms with Crippen LogP contribution in [0.1, 0.15) is 11.6 Å². The van der Waals surface area contributed by atoms with E-state index in [-0.39, 0.29) is 24.8 Å². The molecule has 5 heteroatoms. The fourth-order valence-corrected chi connectivity index (χ4v) is 1.55. The summed E-state index contributed by atoms with van der Waals surface area (Å²) in [4.78, 5) is 0. The molecule has 0 spiro atoms. The lowest BCUT2D eigenvalue weighted by Gasteiger charge is -2.08. The molecule has 3 N–H and O–H groups in total. The molecular weight excluding hydrogens is 307 g/mol. The number of halogens is 3. The minimum Gasteiger partial charge on any atom is -0.394 e. The predicted octanol–water partition coefficient (Wildman–Crippen LogP) is 1.84. The molecule has 1 aromatic rings. The van der Waals surface area contributed by atoms with Crippen molar-refractivity contribution in [3.8, 4) is 0 Å². The van der Waals surface area contributed by atoms with E-state index in [4.69, 9.17) is 10.8 Å². The topological polar surface area (TPSA) is 46.2 Å². The average molecular weight is 318 g/mol. The Bertz CT molecular complexity index is 265. The van der Waals surface area contributed by atoms with Crippen molar-refractivity contribution in [2.45, 2.75) is 6.04 Å². The summed E-state index contributed by atoms with van der Waals surface area (Å²) in [5, 5.41) is 8.72. The van der Waals surface area contributed by atoms with Gasteiger partial charge in [0, 0.05) is 3.57 Å². The van der Waals surface area contributed by atoms with Gasteiger partial charge in [-0.2, -0.15) is 0 Å². The first-order valence-corrected chi connectivity index (χ1v) is 4.54. The lowest BCUT2D eigenvalue weighted by Crippen LogP contribution is -2.14. The first kappa shape index (κ1) is 13.1. The molecule has 0 aromatic heterocycles. The van der Waals surface area contributed by atoms with Crippen LogP contribution in [0.25, 0.3) is 0 Å². The Balaban J connectivity index is 0.00000144. The second-order valence-electron chi connectivity index (χ2n) is 2.49. The number of hydrogen-bond acceptors (Lipinski definition) is 2. The van der Waals surface area contributed by atoms with Gasteiger partial charge < -0.3 is 10.8 Å². The second-order valence-corrected chi connectivity index (χ2v) is 3.74. The Morgan fingerprint density at radius 3 is 2.54 bits per heavy atom. The fraction of sp³-hybridized carbons (Fsp3) is 0.250. The lowest BCUT2D eigenvalue weighted by molar-refractivity contribution is 0.267. The van der Waals surface area contributed by atoms with Crippen molar-refractivity contribution in [3.63, 3.8) is 0 Å². The molecule has 13 heavy (non-hydrogen) atoms. The SMILES string of the molecule is Cl.N[C@H](CO)c1cc(F)cc(I)c1. The summed E-state index contributed by atoms with van der Waals surface area (Å²) in [6.07, 6.45) is 0. The van der Waals surface area contributed by atoms with Crippen molar-refractivity contribution in [3.05, 3.63) is 33.1 Å². The van der Waals surface area contributed by atoms with Crippen LogP contribution in [0, 0.1) is 9.39 Å². The molecule has 2 nitrogen and oxygen atoms in total. The number of rotatable bonds is 2. The van der Waals surface area contributed by atoms with Gasteiger partial charge in [-0.25, -0.2) is 4.39 Å². The fourth-order valence-electron chi connectivity index (χ4n) is 0.895. The van der Waals surface area contributed by atoms with E-state index in [0.717, 1.165) is 3.57 Å². The van der Waals surface area contributed by atoms with Crippen LogP contribution >= 0.6 is 35.0 Å². The Kier molecular flexibility index (Phi) is 5.78. The van der Waals surface area contributed by atoms with Crippen LogP contribution in [0.2, 0.25) is 0 Å². The number of hydrogen-bond donors (Lipinski definition) is 2. The van der Waals surface area contributed by atoms with Crippen LogP contribution in [0.3, 0.4) is 0 Å². The summed E-state index contributed by atoms with van der Waals surface area (Å²) in [6, 6.07) is 4.01. The highest BCUT2D eigenvalue weighted by Gasteiger charge is 2.06. The van der Waals surface area contributed by atoms with E-state index in [9.17, 15) is 4.39 Å². The largest absolute Gasteiger partial charge is 0.394 e. The smallest absolute Gasteiger partial charge is 0.124 e. The van der Waals surface area contributed by atoms with Crippen molar-refractivity contribution >= 4 is 35.0 Å². The molecule has 0 saturated heterocycles. The maximum absolute atomic E-state index is 12.8. The van der Waals surface area contributed by atoms with Gasteiger partial charge >= 0.3 is 0 Å². The van der Waals surface area contributed by atoms with E-state index < -0.39 is 6.04 Å². The van der Waals surface area contributed by atoms with Gasteiger partial charge in [0.05, 0.1) is 12.6 Å². The summed E-state index contributed by atoms with van der Waals surface area (Å²) in [5.41, 5.74) is 6.14. The van der Waals surface area contributed by atoms with E-state index in [1.807, 2.05) is 22.6 Å². The molecule has 0 bridgehead atoms. The van der Waals surface area contributed by atoms with Crippen molar-refractivity contribution < 1.29 is 9.50 Å². The van der Waals surface area contributed by atoms with Gasteiger partial charge in [0.2, 0.25) is 0 Å². The molecule has 1 aromatic carbocycles. The first-order chi connectivity index (χ1) is 5.63. The van der Waals surface area contributed by atoms with Gasteiger partial charge in [-0.05, 0) is 46.4 Å². The standard InChI is InChI=1S/C8H9FINO.ClH/c9-6-1-5(8(11)4-12)2-7(10)3-6;/h1-3,8,12H,4,11H2;1H/t8-;/m1./s1. The van der Waals surface area contributed by atoms with Crippen LogP contribution < -0.4 is 5.73 Å². The molecule has 0 aliphatic carbocycles. The molecule has 1 rings (SSSR count). The zero-order valence-electron chi connectivity index (χ0n) is 6.71. The van der Waals surface area contributed by atoms with Gasteiger partial charge in [0.25, 0.3) is 0 Å². The van der Waals surface area contributed by atoms with E-state index in [1.165, 1.54) is 12.1 Å². The van der Waals surface area contributed by atoms with Gasteiger partial charge in [0.15, 0.2) is 0 Å². The monoisotopic (exact) mass is 317 g/mol. The van der Waals surface area contributed by atoms with Gasteiger partial charge in [-0.15, -0.1) is 12.4 Å². The molecule has 0 aliphatic rings. The zero-order chi connectivity index (χ0) is 9.14. The van der Waals surface area contributed by atoms with Crippen LogP contribution in [0.4, 0.5) is 4.39 Å². The highest BCUT2D eigenvalue weighted by atomic mass is 127. The van der Waals surface area contributed by atoms with Crippen molar-refractivity contribution in [2.24, 2.45) is 5.73 Å². The van der Waals surface area contributed by atoms with E-state index in [1.54, 1.807) is 6.07 Å². The van der Waals surface area contributed by atoms with Crippen molar-refractivity contribution in [1.29, 1.82) is 0 Å². The Morgan fingerprint density at radius 1 is 1.46 bits per heavy atom. The van der Waals surface area contributed by atoms with Crippen LogP contribution in [-0.2, 0) is 0 Å². The van der Waals surface area contributed by atoms with Gasteiger partial charge in [-0.1, -0.05) is 0 Å². The first-order valence-electron chi connectivity index (χ1n) is 3.46. The molecule has 1 atom stereocenters. The molecular formula is C8H10ClFINO. The molecule has 74 valence electrons. The Morgan fingerprint density at radius 2 is 2.08 bits per heavy atom. The molecule has 0 aliphatic heterocycles. The Labute approximate surface area is 95.9 Å². The quantitative estimate of drug-likeness (QED) is 0.818. The maximum Gasteiger partial charge on any atom is 0.124 e. The van der Waals surface area contributed by atoms with Crippen molar-refractivity contribution in [2.75, 3.05) is 6.61 Å². The van der Waals surface area contributed by atoms with Crippen LogP contribution in [-0.4, -0.2) is 11.7 Å². The van der Waals surface area contributed by atoms with Crippen molar-refractivity contribution in [1.82, 2.24) is 0 Å². The maximum atomic E-state index is 12.8. The van der Waals surface area contributed by atoms with Crippen LogP contribution in [0.5, 0.6) is 0 Å². The predicted molar refractivity (Wildman–Crippen MR) is 60.4 cm³/mol. The van der Waals surface area contributed by atoms with E-state index in [0.29, 0.717) is 5.56 Å². The van der Waals surface area contributed by atoms with E-state index >= 15 is 0 Å². The van der Waals surface area contributed by atoms with Gasteiger partial charge in [0.1, 0.15) is 5.82 Å². The number of nitrogens with two attached hydrogens (primary N) is 1. The molecule has 0 fully saturated rings. The summed E-state index contributed by atoms with van der Waals surface area (Å²) in [6.45, 7) is -0.167. The Hall–Kier alpha value is 0.0900. The lowest BCUT2D eigenvalue weighted by atomic mass is 10.1. The average Bonchev–Trinajstić information content (AvgIpc) is 2.01. The summed E-state index contributed by atoms with van der Waals surface area (Å²) in [5.74, 6) is -0.319. The summed E-state index contributed by atoms with van der Waals surface area (Å²) >= 11 is 2.00. The second kappa shape index (κ2) is 5.74. The molecule has 0 saturated carbocycles. The third kappa shape index (κ3) is 3.76. The van der Waals surface area contributed by atoms with Gasteiger partial charge in [-0.3, -0.25) is 0 Å². The normalized spacial score (nSPS) is 12.0. The molecule has 0 radical (unpaired) electrons. The number of benzene rings is 1. The van der Waals surface area contributed by atoms with Crippen LogP contribution in [0.15, 0.2) is 18.2 Å². The highest BCUT2D eigenvalue weighted by Crippen LogP contribution is 2.15.